The summed E-state index contributed by atoms with van der Waals surface area (Å²) in [5, 5.41) is 0. The number of nitrogens with zero attached hydrogens (tertiary/aromatic N) is 3. The van der Waals surface area contributed by atoms with Gasteiger partial charge in [0.2, 0.25) is 0 Å². The van der Waals surface area contributed by atoms with Gasteiger partial charge in [0.05, 0.1) is 17.2 Å². The molecular weight excluding hydrogens is 308 g/mol. The van der Waals surface area contributed by atoms with E-state index in [2.05, 4.69) is 9.97 Å². The number of aromatic amines is 1. The quantitative estimate of drug-likeness (QED) is 0.915. The third-order valence-electron chi connectivity index (χ3n) is 4.28. The number of likely N-dealkylation sites (tertiary alicyclic amines) is 1. The van der Waals surface area contributed by atoms with Gasteiger partial charge in [-0.05, 0) is 45.6 Å². The van der Waals surface area contributed by atoms with Crippen LogP contribution in [-0.2, 0) is 11.3 Å². The van der Waals surface area contributed by atoms with E-state index in [1.165, 1.54) is 0 Å². The average Bonchev–Trinajstić information content (AvgIpc) is 2.82. The summed E-state index contributed by atoms with van der Waals surface area (Å²) in [5.74, 6) is 0.369. The van der Waals surface area contributed by atoms with Crippen molar-refractivity contribution >= 4 is 17.1 Å². The Morgan fingerprint density at radius 1 is 1.38 bits per heavy atom. The molecule has 0 bridgehead atoms. The monoisotopic (exact) mass is 332 g/mol. The van der Waals surface area contributed by atoms with Crippen LogP contribution in [0.4, 0.5) is 4.79 Å². The van der Waals surface area contributed by atoms with Crippen molar-refractivity contribution in [2.45, 2.75) is 45.8 Å². The lowest BCUT2D eigenvalue weighted by atomic mass is 9.97. The minimum Gasteiger partial charge on any atom is -0.444 e. The van der Waals surface area contributed by atoms with Gasteiger partial charge in [-0.25, -0.2) is 9.59 Å². The number of carbonyl (C=O) groups excluding carboxylic acids is 1. The van der Waals surface area contributed by atoms with Gasteiger partial charge >= 0.3 is 11.8 Å². The van der Waals surface area contributed by atoms with E-state index >= 15 is 0 Å². The Hall–Kier alpha value is -2.31. The first-order chi connectivity index (χ1) is 11.3. The van der Waals surface area contributed by atoms with Crippen LogP contribution in [0.3, 0.4) is 0 Å². The van der Waals surface area contributed by atoms with Crippen molar-refractivity contribution in [1.82, 2.24) is 19.4 Å². The van der Waals surface area contributed by atoms with E-state index in [0.717, 1.165) is 23.9 Å². The molecule has 24 heavy (non-hydrogen) atoms. The number of fused-ring (bicyclic) bond motifs is 1. The molecule has 7 heteroatoms. The first-order valence-electron chi connectivity index (χ1n) is 8.34. The normalized spacial score (nSPS) is 16.5. The summed E-state index contributed by atoms with van der Waals surface area (Å²) in [6, 6.07) is 1.85. The van der Waals surface area contributed by atoms with Crippen LogP contribution in [-0.4, -0.2) is 44.2 Å². The third kappa shape index (κ3) is 3.60. The van der Waals surface area contributed by atoms with Crippen LogP contribution in [0, 0.1) is 5.92 Å². The van der Waals surface area contributed by atoms with Crippen LogP contribution in [0.25, 0.3) is 11.0 Å². The molecule has 1 fully saturated rings. The number of hydrogen-bond acceptors (Lipinski definition) is 4. The van der Waals surface area contributed by atoms with Crippen molar-refractivity contribution in [2.75, 3.05) is 13.1 Å². The Balaban J connectivity index is 1.62. The molecule has 1 amide bonds. The lowest BCUT2D eigenvalue weighted by molar-refractivity contribution is 0.0178. The van der Waals surface area contributed by atoms with Gasteiger partial charge in [-0.15, -0.1) is 0 Å². The Bertz CT molecular complexity index is 779. The van der Waals surface area contributed by atoms with Crippen LogP contribution < -0.4 is 5.69 Å². The van der Waals surface area contributed by atoms with E-state index in [1.807, 2.05) is 26.8 Å². The predicted octanol–water partition coefficient (Wildman–Crippen LogP) is 2.37. The second-order valence-electron chi connectivity index (χ2n) is 7.34. The second kappa shape index (κ2) is 6.30. The Kier molecular flexibility index (Phi) is 4.34. The van der Waals surface area contributed by atoms with Crippen molar-refractivity contribution in [3.8, 4) is 0 Å². The first-order valence-corrected chi connectivity index (χ1v) is 8.34. The van der Waals surface area contributed by atoms with Crippen molar-refractivity contribution in [3.05, 3.63) is 28.9 Å². The smallest absolute Gasteiger partial charge is 0.410 e. The van der Waals surface area contributed by atoms with E-state index in [9.17, 15) is 9.59 Å². The highest BCUT2D eigenvalue weighted by molar-refractivity contribution is 5.73. The SMILES string of the molecule is CC(C)(C)OC(=O)N1CCC(Cn2c(=O)[nH]c3cnccc32)CC1. The molecule has 3 heterocycles. The molecule has 0 atom stereocenters. The predicted molar refractivity (Wildman–Crippen MR) is 90.9 cm³/mol. The summed E-state index contributed by atoms with van der Waals surface area (Å²) in [6.45, 7) is 7.60. The van der Waals surface area contributed by atoms with Crippen molar-refractivity contribution < 1.29 is 9.53 Å². The lowest BCUT2D eigenvalue weighted by Gasteiger charge is -2.33. The van der Waals surface area contributed by atoms with E-state index < -0.39 is 5.60 Å². The number of pyridine rings is 1. The third-order valence-corrected chi connectivity index (χ3v) is 4.28. The Morgan fingerprint density at radius 3 is 2.75 bits per heavy atom. The zero-order valence-corrected chi connectivity index (χ0v) is 14.4. The van der Waals surface area contributed by atoms with Gasteiger partial charge in [-0.2, -0.15) is 0 Å². The zero-order valence-electron chi connectivity index (χ0n) is 14.4. The number of aromatic nitrogens is 3. The van der Waals surface area contributed by atoms with E-state index in [4.69, 9.17) is 4.74 Å². The molecule has 1 saturated heterocycles. The van der Waals surface area contributed by atoms with Crippen molar-refractivity contribution in [2.24, 2.45) is 5.92 Å². The summed E-state index contributed by atoms with van der Waals surface area (Å²) in [6.07, 6.45) is 4.83. The molecule has 2 aromatic rings. The van der Waals surface area contributed by atoms with E-state index in [0.29, 0.717) is 25.6 Å². The minimum absolute atomic E-state index is 0.104. The molecule has 0 unspecified atom stereocenters. The average molecular weight is 332 g/mol. The van der Waals surface area contributed by atoms with Crippen LogP contribution in [0.2, 0.25) is 0 Å². The maximum absolute atomic E-state index is 12.1. The van der Waals surface area contributed by atoms with Gasteiger partial charge in [0, 0.05) is 25.8 Å². The molecular formula is C17H24N4O3. The molecule has 1 aliphatic heterocycles. The number of ether oxygens (including phenoxy) is 1. The van der Waals surface area contributed by atoms with Gasteiger partial charge in [0.1, 0.15) is 5.60 Å². The molecule has 0 spiro atoms. The van der Waals surface area contributed by atoms with E-state index in [-0.39, 0.29) is 11.8 Å². The highest BCUT2D eigenvalue weighted by Crippen LogP contribution is 2.22. The van der Waals surface area contributed by atoms with Crippen molar-refractivity contribution in [3.63, 3.8) is 0 Å². The number of nitrogens with one attached hydrogen (secondary N) is 1. The summed E-state index contributed by atoms with van der Waals surface area (Å²) >= 11 is 0. The number of piperidine rings is 1. The number of rotatable bonds is 2. The molecule has 0 saturated carbocycles. The largest absolute Gasteiger partial charge is 0.444 e. The molecule has 7 nitrogen and oxygen atoms in total. The number of amides is 1. The van der Waals surface area contributed by atoms with Crippen LogP contribution >= 0.6 is 0 Å². The van der Waals surface area contributed by atoms with Gasteiger partial charge < -0.3 is 14.6 Å². The van der Waals surface area contributed by atoms with Gasteiger partial charge in [-0.3, -0.25) is 9.55 Å². The van der Waals surface area contributed by atoms with E-state index in [1.54, 1.807) is 21.9 Å². The number of H-pyrrole nitrogens is 1. The minimum atomic E-state index is -0.473. The number of carbonyl (C=O) groups is 1. The van der Waals surface area contributed by atoms with Crippen LogP contribution in [0.15, 0.2) is 23.3 Å². The number of hydrogen-bond donors (Lipinski definition) is 1. The molecule has 3 rings (SSSR count). The first kappa shape index (κ1) is 16.5. The lowest BCUT2D eigenvalue weighted by Crippen LogP contribution is -2.42. The van der Waals surface area contributed by atoms with Gasteiger partial charge in [0.15, 0.2) is 0 Å². The number of imidazole rings is 1. The fourth-order valence-electron chi connectivity index (χ4n) is 3.07. The summed E-state index contributed by atoms with van der Waals surface area (Å²) < 4.78 is 7.18. The molecule has 0 aromatic carbocycles. The standard InChI is InChI=1S/C17H24N4O3/c1-17(2,3)24-16(23)20-8-5-12(6-9-20)11-21-14-4-7-18-10-13(14)19-15(21)22/h4,7,10,12H,5-6,8-9,11H2,1-3H3,(H,19,22). The molecule has 1 aliphatic rings. The summed E-state index contributed by atoms with van der Waals surface area (Å²) in [7, 11) is 0. The highest BCUT2D eigenvalue weighted by Gasteiger charge is 2.27. The molecule has 0 radical (unpaired) electrons. The van der Waals surface area contributed by atoms with Crippen molar-refractivity contribution in [1.29, 1.82) is 0 Å². The molecule has 2 aromatic heterocycles. The van der Waals surface area contributed by atoms with Crippen LogP contribution in [0.1, 0.15) is 33.6 Å². The topological polar surface area (TPSA) is 80.2 Å². The maximum Gasteiger partial charge on any atom is 0.410 e. The molecule has 130 valence electrons. The zero-order chi connectivity index (χ0) is 17.3. The summed E-state index contributed by atoms with van der Waals surface area (Å²) in [5.41, 5.74) is 1.06. The maximum atomic E-state index is 12.1. The van der Waals surface area contributed by atoms with Gasteiger partial charge in [0.25, 0.3) is 0 Å². The fourth-order valence-corrected chi connectivity index (χ4v) is 3.07. The van der Waals surface area contributed by atoms with Crippen LogP contribution in [0.5, 0.6) is 0 Å². The second-order valence-corrected chi connectivity index (χ2v) is 7.34. The van der Waals surface area contributed by atoms with Gasteiger partial charge in [-0.1, -0.05) is 0 Å². The molecule has 1 N–H and O–H groups in total. The Labute approximate surface area is 140 Å². The highest BCUT2D eigenvalue weighted by atomic mass is 16.6. The fraction of sp³-hybridized carbons (Fsp3) is 0.588. The Morgan fingerprint density at radius 2 is 2.08 bits per heavy atom. The molecule has 0 aliphatic carbocycles. The summed E-state index contributed by atoms with van der Waals surface area (Å²) in [4.78, 5) is 32.9.